The van der Waals surface area contributed by atoms with E-state index in [-0.39, 0.29) is 6.04 Å². The minimum absolute atomic E-state index is 0.0621. The van der Waals surface area contributed by atoms with E-state index < -0.39 is 0 Å². The second kappa shape index (κ2) is 2.17. The highest BCUT2D eigenvalue weighted by atomic mass is 15.1. The molecule has 3 nitrogen and oxygen atoms in total. The zero-order valence-corrected chi connectivity index (χ0v) is 5.73. The average Bonchev–Trinajstić information content (AvgIpc) is 2.50. The van der Waals surface area contributed by atoms with E-state index in [9.17, 15) is 0 Å². The number of nitrogens with zero attached hydrogens (tertiary/aromatic N) is 3. The molecular weight excluding hydrogens is 138 g/mol. The summed E-state index contributed by atoms with van der Waals surface area (Å²) < 4.78 is 0. The van der Waals surface area contributed by atoms with E-state index in [1.807, 2.05) is 12.2 Å². The number of hydrogen-bond acceptors (Lipinski definition) is 3. The molecule has 0 N–H and O–H groups in total. The van der Waals surface area contributed by atoms with Crippen molar-refractivity contribution in [1.82, 2.24) is 0 Å². The third-order valence-corrected chi connectivity index (χ3v) is 1.65. The highest BCUT2D eigenvalue weighted by molar-refractivity contribution is 5.48. The maximum atomic E-state index is 8.55. The van der Waals surface area contributed by atoms with E-state index in [4.69, 9.17) is 5.26 Å². The van der Waals surface area contributed by atoms with Crippen molar-refractivity contribution in [3.8, 4) is 6.07 Å². The maximum Gasteiger partial charge on any atom is 0.116 e. The fraction of sp³-hybridized carbons (Fsp3) is 0.125. The highest BCUT2D eigenvalue weighted by Crippen LogP contribution is 2.23. The Morgan fingerprint density at radius 2 is 2.45 bits per heavy atom. The van der Waals surface area contributed by atoms with Crippen molar-refractivity contribution < 1.29 is 0 Å². The van der Waals surface area contributed by atoms with E-state index in [2.05, 4.69) is 16.3 Å². The van der Waals surface area contributed by atoms with E-state index in [1.165, 1.54) is 0 Å². The van der Waals surface area contributed by atoms with Gasteiger partial charge in [0.15, 0.2) is 0 Å². The first-order valence-electron chi connectivity index (χ1n) is 3.30. The predicted molar refractivity (Wildman–Crippen MR) is 39.6 cm³/mol. The summed E-state index contributed by atoms with van der Waals surface area (Å²) in [6, 6.07) is 2.13. The van der Waals surface area contributed by atoms with Crippen LogP contribution in [0.5, 0.6) is 0 Å². The summed E-state index contributed by atoms with van der Waals surface area (Å²) >= 11 is 0. The highest BCUT2D eigenvalue weighted by Gasteiger charge is 2.16. The molecule has 1 heterocycles. The molecule has 3 heteroatoms. The molecule has 0 aromatic heterocycles. The third-order valence-electron chi connectivity index (χ3n) is 1.65. The number of fused-ring (bicyclic) bond motifs is 1. The van der Waals surface area contributed by atoms with Gasteiger partial charge >= 0.3 is 0 Å². The average molecular weight is 143 g/mol. The van der Waals surface area contributed by atoms with Crippen LogP contribution in [0, 0.1) is 11.3 Å². The Hall–Kier alpha value is -1.69. The Morgan fingerprint density at radius 3 is 3.27 bits per heavy atom. The molecular formula is C8H5N3. The fourth-order valence-electron chi connectivity index (χ4n) is 1.08. The first-order chi connectivity index (χ1) is 5.40. The maximum absolute atomic E-state index is 8.55. The molecule has 1 atom stereocenters. The van der Waals surface area contributed by atoms with Gasteiger partial charge in [-0.1, -0.05) is 6.08 Å². The summed E-state index contributed by atoms with van der Waals surface area (Å²) in [5, 5.41) is 16.2. The Bertz CT molecular complexity index is 339. The van der Waals surface area contributed by atoms with Crippen LogP contribution in [-0.4, -0.2) is 6.04 Å². The van der Waals surface area contributed by atoms with Gasteiger partial charge in [-0.05, 0) is 12.2 Å². The Labute approximate surface area is 64.1 Å². The molecule has 0 amide bonds. The van der Waals surface area contributed by atoms with Crippen molar-refractivity contribution in [2.75, 3.05) is 0 Å². The van der Waals surface area contributed by atoms with Crippen molar-refractivity contribution in [2.24, 2.45) is 10.2 Å². The number of rotatable bonds is 0. The molecule has 2 aliphatic rings. The fourth-order valence-corrected chi connectivity index (χ4v) is 1.08. The normalized spacial score (nSPS) is 25.5. The molecule has 0 fully saturated rings. The minimum Gasteiger partial charge on any atom is -0.192 e. The van der Waals surface area contributed by atoms with Gasteiger partial charge in [0.25, 0.3) is 0 Å². The van der Waals surface area contributed by atoms with Crippen LogP contribution in [0.1, 0.15) is 0 Å². The topological polar surface area (TPSA) is 48.5 Å². The number of allylic oxidation sites excluding steroid dienone is 2. The van der Waals surface area contributed by atoms with Crippen molar-refractivity contribution in [3.05, 3.63) is 35.6 Å². The lowest BCUT2D eigenvalue weighted by Crippen LogP contribution is -2.02. The lowest BCUT2D eigenvalue weighted by atomic mass is 10.0. The van der Waals surface area contributed by atoms with Gasteiger partial charge in [-0.2, -0.15) is 15.5 Å². The van der Waals surface area contributed by atoms with Gasteiger partial charge in [-0.15, -0.1) is 0 Å². The molecule has 0 aromatic rings. The monoisotopic (exact) mass is 143 g/mol. The van der Waals surface area contributed by atoms with Crippen LogP contribution in [0.4, 0.5) is 0 Å². The molecule has 2 rings (SSSR count). The SMILES string of the molecule is N#CC1=CC2=CN=N[C@@H]2C=C1. The molecule has 0 spiro atoms. The summed E-state index contributed by atoms with van der Waals surface area (Å²) in [6.45, 7) is 0. The number of hydrogen-bond donors (Lipinski definition) is 0. The summed E-state index contributed by atoms with van der Waals surface area (Å²) in [7, 11) is 0. The summed E-state index contributed by atoms with van der Waals surface area (Å²) in [4.78, 5) is 0. The summed E-state index contributed by atoms with van der Waals surface area (Å²) in [6.07, 6.45) is 7.14. The lowest BCUT2D eigenvalue weighted by Gasteiger charge is -2.05. The smallest absolute Gasteiger partial charge is 0.116 e. The zero-order chi connectivity index (χ0) is 7.68. The first kappa shape index (κ1) is 6.05. The molecule has 52 valence electrons. The van der Waals surface area contributed by atoms with Crippen molar-refractivity contribution in [2.45, 2.75) is 6.04 Å². The Morgan fingerprint density at radius 1 is 1.55 bits per heavy atom. The molecule has 0 saturated heterocycles. The quantitative estimate of drug-likeness (QED) is 0.509. The minimum atomic E-state index is 0.0621. The second-order valence-corrected chi connectivity index (χ2v) is 2.38. The molecule has 0 radical (unpaired) electrons. The molecule has 0 bridgehead atoms. The first-order valence-corrected chi connectivity index (χ1v) is 3.30. The molecule has 1 aliphatic carbocycles. The van der Waals surface area contributed by atoms with Gasteiger partial charge in [0.2, 0.25) is 0 Å². The van der Waals surface area contributed by atoms with Crippen LogP contribution < -0.4 is 0 Å². The molecule has 11 heavy (non-hydrogen) atoms. The van der Waals surface area contributed by atoms with Gasteiger partial charge in [0, 0.05) is 5.57 Å². The van der Waals surface area contributed by atoms with E-state index in [0.29, 0.717) is 5.57 Å². The summed E-state index contributed by atoms with van der Waals surface area (Å²) in [5.41, 5.74) is 1.67. The van der Waals surface area contributed by atoms with Crippen molar-refractivity contribution >= 4 is 0 Å². The Kier molecular flexibility index (Phi) is 1.19. The van der Waals surface area contributed by atoms with Crippen LogP contribution in [0.3, 0.4) is 0 Å². The molecule has 0 unspecified atom stereocenters. The molecule has 0 saturated carbocycles. The van der Waals surface area contributed by atoms with Crippen molar-refractivity contribution in [3.63, 3.8) is 0 Å². The van der Waals surface area contributed by atoms with E-state index in [1.54, 1.807) is 12.3 Å². The van der Waals surface area contributed by atoms with Crippen LogP contribution in [0.2, 0.25) is 0 Å². The van der Waals surface area contributed by atoms with Crippen molar-refractivity contribution in [1.29, 1.82) is 5.26 Å². The third kappa shape index (κ3) is 0.887. The second-order valence-electron chi connectivity index (χ2n) is 2.38. The van der Waals surface area contributed by atoms with Gasteiger partial charge in [0.1, 0.15) is 6.04 Å². The van der Waals surface area contributed by atoms with Gasteiger partial charge in [-0.3, -0.25) is 0 Å². The largest absolute Gasteiger partial charge is 0.192 e. The van der Waals surface area contributed by atoms with E-state index in [0.717, 1.165) is 5.57 Å². The standard InChI is InChI=1S/C8H5N3/c9-4-6-1-2-8-7(3-6)5-10-11-8/h1-3,5,8H/t8-/m1/s1. The van der Waals surface area contributed by atoms with E-state index >= 15 is 0 Å². The van der Waals surface area contributed by atoms with Crippen LogP contribution >= 0.6 is 0 Å². The predicted octanol–water partition coefficient (Wildman–Crippen LogP) is 1.72. The Balaban J connectivity index is 2.39. The zero-order valence-electron chi connectivity index (χ0n) is 5.73. The van der Waals surface area contributed by atoms with Crippen LogP contribution in [0.25, 0.3) is 0 Å². The molecule has 1 aliphatic heterocycles. The van der Waals surface area contributed by atoms with Crippen LogP contribution in [-0.2, 0) is 0 Å². The summed E-state index contributed by atoms with van der Waals surface area (Å²) in [5.74, 6) is 0. The van der Waals surface area contributed by atoms with Gasteiger partial charge in [-0.25, -0.2) is 0 Å². The number of nitriles is 1. The number of azo groups is 1. The lowest BCUT2D eigenvalue weighted by molar-refractivity contribution is 0.942. The molecule has 0 aromatic carbocycles. The van der Waals surface area contributed by atoms with Gasteiger partial charge < -0.3 is 0 Å². The van der Waals surface area contributed by atoms with Crippen LogP contribution in [0.15, 0.2) is 45.8 Å². The van der Waals surface area contributed by atoms with Gasteiger partial charge in [0.05, 0.1) is 17.8 Å².